The Morgan fingerprint density at radius 1 is 1.32 bits per heavy atom. The predicted molar refractivity (Wildman–Crippen MR) is 92.1 cm³/mol. The van der Waals surface area contributed by atoms with Crippen molar-refractivity contribution < 1.29 is 29.0 Å². The number of thioether (sulfide) groups is 1. The summed E-state index contributed by atoms with van der Waals surface area (Å²) in [7, 11) is 0. The van der Waals surface area contributed by atoms with E-state index in [2.05, 4.69) is 0 Å². The number of Topliss-reactive ketones (excluding diaryl/α,β-unsaturated/α-hetero) is 1. The lowest BCUT2D eigenvalue weighted by atomic mass is 10.1. The third-order valence-electron chi connectivity index (χ3n) is 3.47. The van der Waals surface area contributed by atoms with Crippen molar-refractivity contribution in [3.05, 3.63) is 34.7 Å². The fraction of sp³-hybridized carbons (Fsp3) is 0.294. The molecular formula is C17H17NO6S. The van der Waals surface area contributed by atoms with Crippen molar-refractivity contribution in [3.63, 3.8) is 0 Å². The van der Waals surface area contributed by atoms with E-state index >= 15 is 0 Å². The van der Waals surface area contributed by atoms with E-state index in [1.165, 1.54) is 13.0 Å². The van der Waals surface area contributed by atoms with E-state index in [4.69, 9.17) is 9.84 Å². The minimum absolute atomic E-state index is 0.109. The monoisotopic (exact) mass is 363 g/mol. The second-order valence-corrected chi connectivity index (χ2v) is 6.32. The number of para-hydroxylation sites is 1. The summed E-state index contributed by atoms with van der Waals surface area (Å²) < 4.78 is 5.71. The highest BCUT2D eigenvalue weighted by molar-refractivity contribution is 8.18. The van der Waals surface area contributed by atoms with Gasteiger partial charge >= 0.3 is 5.97 Å². The number of aliphatic carboxylic acids is 1. The van der Waals surface area contributed by atoms with Crippen LogP contribution in [0, 0.1) is 0 Å². The minimum atomic E-state index is -1.26. The fourth-order valence-corrected chi connectivity index (χ4v) is 3.06. The molecule has 7 nitrogen and oxygen atoms in total. The van der Waals surface area contributed by atoms with Crippen molar-refractivity contribution in [2.75, 3.05) is 6.54 Å². The molecule has 8 heteroatoms. The van der Waals surface area contributed by atoms with Gasteiger partial charge in [0.1, 0.15) is 12.3 Å². The first kappa shape index (κ1) is 18.7. The van der Waals surface area contributed by atoms with Crippen LogP contribution in [-0.4, -0.2) is 45.6 Å². The molecule has 0 saturated carbocycles. The summed E-state index contributed by atoms with van der Waals surface area (Å²) in [6.45, 7) is 2.59. The Balaban J connectivity index is 2.29. The summed E-state index contributed by atoms with van der Waals surface area (Å²) in [5, 5.41) is 8.15. The summed E-state index contributed by atoms with van der Waals surface area (Å²) >= 11 is 0.671. The molecule has 25 heavy (non-hydrogen) atoms. The van der Waals surface area contributed by atoms with Gasteiger partial charge in [0.15, 0.2) is 11.9 Å². The van der Waals surface area contributed by atoms with Gasteiger partial charge in [0.25, 0.3) is 11.1 Å². The normalized spacial score (nSPS) is 17.0. The molecule has 1 heterocycles. The number of ether oxygens (including phenoxy) is 1. The van der Waals surface area contributed by atoms with Gasteiger partial charge in [-0.15, -0.1) is 0 Å². The lowest BCUT2D eigenvalue weighted by molar-refractivity contribution is -0.140. The summed E-state index contributed by atoms with van der Waals surface area (Å²) in [6, 6.07) is 6.82. The molecule has 1 saturated heterocycles. The lowest BCUT2D eigenvalue weighted by Gasteiger charge is -2.16. The number of carboxylic acid groups (broad SMARTS) is 1. The maximum absolute atomic E-state index is 12.2. The van der Waals surface area contributed by atoms with Crippen LogP contribution >= 0.6 is 11.8 Å². The number of ketones is 1. The van der Waals surface area contributed by atoms with E-state index in [0.29, 0.717) is 34.4 Å². The smallest absolute Gasteiger partial charge is 0.323 e. The number of nitrogens with zero attached hydrogens (tertiary/aromatic N) is 1. The molecule has 1 aliphatic rings. The average Bonchev–Trinajstić information content (AvgIpc) is 2.80. The molecular weight excluding hydrogens is 346 g/mol. The number of carbonyl (C=O) groups is 4. The summed E-state index contributed by atoms with van der Waals surface area (Å²) in [5.41, 5.74) is 0.531. The van der Waals surface area contributed by atoms with E-state index in [1.807, 2.05) is 6.92 Å². The molecule has 1 aliphatic heterocycles. The average molecular weight is 363 g/mol. The molecule has 2 amide bonds. The lowest BCUT2D eigenvalue weighted by Crippen LogP contribution is -2.33. The van der Waals surface area contributed by atoms with Gasteiger partial charge in [0.05, 0.1) is 4.91 Å². The summed E-state index contributed by atoms with van der Waals surface area (Å²) in [6.07, 6.45) is 1.37. The number of carbonyl (C=O) groups excluding carboxylic acids is 3. The van der Waals surface area contributed by atoms with Crippen LogP contribution in [0.3, 0.4) is 0 Å². The van der Waals surface area contributed by atoms with Gasteiger partial charge in [-0.3, -0.25) is 24.1 Å². The Morgan fingerprint density at radius 3 is 2.60 bits per heavy atom. The number of carboxylic acids is 1. The molecule has 132 valence electrons. The van der Waals surface area contributed by atoms with Crippen LogP contribution in [0.4, 0.5) is 4.79 Å². The zero-order valence-electron chi connectivity index (χ0n) is 13.7. The molecule has 0 radical (unpaired) electrons. The Kier molecular flexibility index (Phi) is 5.97. The Bertz CT molecular complexity index is 757. The van der Waals surface area contributed by atoms with Crippen LogP contribution < -0.4 is 4.74 Å². The van der Waals surface area contributed by atoms with Crippen molar-refractivity contribution in [2.24, 2.45) is 0 Å². The molecule has 1 aromatic carbocycles. The minimum Gasteiger partial charge on any atom is -0.482 e. The van der Waals surface area contributed by atoms with Crippen LogP contribution in [-0.2, 0) is 14.4 Å². The van der Waals surface area contributed by atoms with Gasteiger partial charge in [-0.05, 0) is 37.2 Å². The molecule has 1 atom stereocenters. The number of hydrogen-bond acceptors (Lipinski definition) is 6. The second-order valence-electron chi connectivity index (χ2n) is 5.32. The largest absolute Gasteiger partial charge is 0.482 e. The SMILES string of the molecule is CCC(Oc1ccccc1/C=C1\SC(=O)N(CC(=O)O)C1=O)C(C)=O. The first-order valence-electron chi connectivity index (χ1n) is 7.56. The Hall–Kier alpha value is -2.61. The first-order valence-corrected chi connectivity index (χ1v) is 8.38. The molecule has 0 bridgehead atoms. The van der Waals surface area contributed by atoms with Crippen molar-refractivity contribution in [3.8, 4) is 5.75 Å². The van der Waals surface area contributed by atoms with Crippen LogP contribution in [0.2, 0.25) is 0 Å². The number of amides is 2. The van der Waals surface area contributed by atoms with Crippen LogP contribution in [0.15, 0.2) is 29.2 Å². The number of benzene rings is 1. The maximum atomic E-state index is 12.2. The van der Waals surface area contributed by atoms with E-state index in [-0.39, 0.29) is 10.7 Å². The van der Waals surface area contributed by atoms with E-state index < -0.39 is 29.8 Å². The molecule has 1 unspecified atom stereocenters. The first-order chi connectivity index (χ1) is 11.8. The molecule has 1 aromatic rings. The topological polar surface area (TPSA) is 101 Å². The third kappa shape index (κ3) is 4.48. The van der Waals surface area contributed by atoms with Crippen LogP contribution in [0.5, 0.6) is 5.75 Å². The highest BCUT2D eigenvalue weighted by Gasteiger charge is 2.36. The highest BCUT2D eigenvalue weighted by atomic mass is 32.2. The van der Waals surface area contributed by atoms with E-state index in [1.54, 1.807) is 24.3 Å². The van der Waals surface area contributed by atoms with Crippen molar-refractivity contribution in [1.82, 2.24) is 4.90 Å². The number of hydrogen-bond donors (Lipinski definition) is 1. The fourth-order valence-electron chi connectivity index (χ4n) is 2.23. The van der Waals surface area contributed by atoms with Crippen molar-refractivity contribution in [2.45, 2.75) is 26.4 Å². The zero-order chi connectivity index (χ0) is 18.6. The third-order valence-corrected chi connectivity index (χ3v) is 4.37. The predicted octanol–water partition coefficient (Wildman–Crippen LogP) is 2.55. The second kappa shape index (κ2) is 7.98. The Labute approximate surface area is 148 Å². The summed E-state index contributed by atoms with van der Waals surface area (Å²) in [5.74, 6) is -1.63. The van der Waals surface area contributed by atoms with Crippen LogP contribution in [0.1, 0.15) is 25.8 Å². The maximum Gasteiger partial charge on any atom is 0.323 e. The van der Waals surface area contributed by atoms with Gasteiger partial charge in [0.2, 0.25) is 0 Å². The molecule has 2 rings (SSSR count). The van der Waals surface area contributed by atoms with Gasteiger partial charge in [0, 0.05) is 5.56 Å². The highest BCUT2D eigenvalue weighted by Crippen LogP contribution is 2.34. The van der Waals surface area contributed by atoms with Gasteiger partial charge in [-0.2, -0.15) is 0 Å². The molecule has 0 aliphatic carbocycles. The van der Waals surface area contributed by atoms with Gasteiger partial charge in [-0.1, -0.05) is 25.1 Å². The van der Waals surface area contributed by atoms with Gasteiger partial charge in [-0.25, -0.2) is 0 Å². The number of imide groups is 1. The van der Waals surface area contributed by atoms with E-state index in [9.17, 15) is 19.2 Å². The molecule has 1 fully saturated rings. The van der Waals surface area contributed by atoms with Crippen molar-refractivity contribution >= 4 is 40.7 Å². The Morgan fingerprint density at radius 2 is 2.00 bits per heavy atom. The van der Waals surface area contributed by atoms with Crippen molar-refractivity contribution in [1.29, 1.82) is 0 Å². The molecule has 1 N–H and O–H groups in total. The van der Waals surface area contributed by atoms with Gasteiger partial charge < -0.3 is 9.84 Å². The molecule has 0 spiro atoms. The molecule has 0 aromatic heterocycles. The van der Waals surface area contributed by atoms with Crippen LogP contribution in [0.25, 0.3) is 6.08 Å². The van der Waals surface area contributed by atoms with E-state index in [0.717, 1.165) is 0 Å². The number of rotatable bonds is 7. The zero-order valence-corrected chi connectivity index (χ0v) is 14.5. The standard InChI is InChI=1S/C17H17NO6S/c1-3-12(10(2)19)24-13-7-5-4-6-11(13)8-14-16(22)18(9-15(20)21)17(23)25-14/h4-8,12H,3,9H2,1-2H3,(H,20,21)/b14-8-. The summed E-state index contributed by atoms with van der Waals surface area (Å²) in [4.78, 5) is 47.1. The quantitative estimate of drug-likeness (QED) is 0.743.